The van der Waals surface area contributed by atoms with E-state index < -0.39 is 11.1 Å². The molecule has 1 unspecified atom stereocenters. The predicted molar refractivity (Wildman–Crippen MR) is 132 cm³/mol. The van der Waals surface area contributed by atoms with Crippen molar-refractivity contribution in [1.29, 1.82) is 0 Å². The van der Waals surface area contributed by atoms with Gasteiger partial charge < -0.3 is 10.2 Å². The lowest BCUT2D eigenvalue weighted by Crippen LogP contribution is -2.30. The molecule has 33 heavy (non-hydrogen) atoms. The van der Waals surface area contributed by atoms with Crippen LogP contribution in [-0.2, 0) is 4.79 Å². The molecule has 0 aromatic heterocycles. The molecule has 0 spiro atoms. The largest absolute Gasteiger partial charge is 0.378 e. The van der Waals surface area contributed by atoms with Crippen molar-refractivity contribution in [1.82, 2.24) is 5.32 Å². The first-order chi connectivity index (χ1) is 15.8. The predicted octanol–water partition coefficient (Wildman–Crippen LogP) is 5.64. The lowest BCUT2D eigenvalue weighted by Gasteiger charge is -2.25. The molecule has 1 heterocycles. The number of nitro benzene ring substituents is 1. The van der Waals surface area contributed by atoms with E-state index in [1.54, 1.807) is 6.08 Å². The van der Waals surface area contributed by atoms with Crippen molar-refractivity contribution >= 4 is 52.2 Å². The molecule has 4 rings (SSSR count). The van der Waals surface area contributed by atoms with Gasteiger partial charge in [0.2, 0.25) is 0 Å². The summed E-state index contributed by atoms with van der Waals surface area (Å²) in [6.07, 6.45) is 1.16. The van der Waals surface area contributed by atoms with Gasteiger partial charge in [-0.1, -0.05) is 65.7 Å². The van der Waals surface area contributed by atoms with E-state index in [2.05, 4.69) is 5.32 Å². The summed E-state index contributed by atoms with van der Waals surface area (Å²) in [7, 11) is 3.91. The zero-order valence-electron chi connectivity index (χ0n) is 17.8. The van der Waals surface area contributed by atoms with Gasteiger partial charge in [-0.2, -0.15) is 0 Å². The standard InChI is InChI=1S/C24H20Cl2N4O3/c1-28(2)17-10-8-15(9-11-17)12-21-24(31)29(23(27-21)16-6-4-3-5-7-16)22-19(25)13-18(30(32)33)14-20(22)26/h3-14,23,27H,1-2H3/b21-12-. The second kappa shape index (κ2) is 9.13. The maximum absolute atomic E-state index is 13.5. The van der Waals surface area contributed by atoms with Crippen LogP contribution in [0, 0.1) is 10.1 Å². The smallest absolute Gasteiger partial charge is 0.276 e. The number of rotatable bonds is 5. The number of anilines is 2. The number of nitrogens with zero attached hydrogens (tertiary/aromatic N) is 3. The van der Waals surface area contributed by atoms with Gasteiger partial charge in [-0.05, 0) is 29.3 Å². The molecule has 3 aromatic rings. The molecule has 0 saturated carbocycles. The summed E-state index contributed by atoms with van der Waals surface area (Å²) in [4.78, 5) is 27.6. The number of carbonyl (C=O) groups excluding carboxylic acids is 1. The Balaban J connectivity index is 1.79. The second-order valence-electron chi connectivity index (χ2n) is 7.69. The van der Waals surface area contributed by atoms with E-state index in [-0.39, 0.29) is 27.3 Å². The minimum atomic E-state index is -0.595. The fourth-order valence-corrected chi connectivity index (χ4v) is 4.30. The third kappa shape index (κ3) is 4.51. The van der Waals surface area contributed by atoms with Crippen LogP contribution in [0.15, 0.2) is 72.4 Å². The van der Waals surface area contributed by atoms with Crippen molar-refractivity contribution in [2.24, 2.45) is 0 Å². The summed E-state index contributed by atoms with van der Waals surface area (Å²) in [5.74, 6) is -0.349. The first kappa shape index (κ1) is 22.6. The Kier molecular flexibility index (Phi) is 6.26. The van der Waals surface area contributed by atoms with Crippen LogP contribution >= 0.6 is 23.2 Å². The topological polar surface area (TPSA) is 78.7 Å². The monoisotopic (exact) mass is 482 g/mol. The van der Waals surface area contributed by atoms with E-state index in [0.717, 1.165) is 16.8 Å². The fourth-order valence-electron chi connectivity index (χ4n) is 3.65. The molecule has 168 valence electrons. The van der Waals surface area contributed by atoms with Crippen LogP contribution < -0.4 is 15.1 Å². The van der Waals surface area contributed by atoms with Crippen LogP contribution in [-0.4, -0.2) is 24.9 Å². The number of hydrogen-bond acceptors (Lipinski definition) is 5. The van der Waals surface area contributed by atoms with Gasteiger partial charge in [-0.15, -0.1) is 0 Å². The second-order valence-corrected chi connectivity index (χ2v) is 8.51. The molecule has 0 aliphatic carbocycles. The van der Waals surface area contributed by atoms with Gasteiger partial charge >= 0.3 is 0 Å². The van der Waals surface area contributed by atoms with Crippen molar-refractivity contribution in [2.45, 2.75) is 6.17 Å². The molecular weight excluding hydrogens is 463 g/mol. The van der Waals surface area contributed by atoms with Gasteiger partial charge in [0.05, 0.1) is 20.7 Å². The number of nitrogens with one attached hydrogen (secondary N) is 1. The number of nitro groups is 1. The fraction of sp³-hybridized carbons (Fsp3) is 0.125. The Bertz CT molecular complexity index is 1220. The summed E-state index contributed by atoms with van der Waals surface area (Å²) in [5.41, 5.74) is 3.00. The number of hydrogen-bond donors (Lipinski definition) is 1. The van der Waals surface area contributed by atoms with Crippen molar-refractivity contribution in [3.8, 4) is 0 Å². The van der Waals surface area contributed by atoms with Gasteiger partial charge in [-0.3, -0.25) is 19.8 Å². The van der Waals surface area contributed by atoms with E-state index >= 15 is 0 Å². The Morgan fingerprint density at radius 1 is 1.03 bits per heavy atom. The molecular formula is C24H20Cl2N4O3. The van der Waals surface area contributed by atoms with Crippen LogP contribution in [0.5, 0.6) is 0 Å². The van der Waals surface area contributed by atoms with Crippen molar-refractivity contribution in [2.75, 3.05) is 23.9 Å². The van der Waals surface area contributed by atoms with E-state index in [1.807, 2.05) is 73.6 Å². The molecule has 7 nitrogen and oxygen atoms in total. The van der Waals surface area contributed by atoms with Gasteiger partial charge in [0.15, 0.2) is 0 Å². The molecule has 1 fully saturated rings. The molecule has 1 amide bonds. The minimum absolute atomic E-state index is 0.0156. The highest BCUT2D eigenvalue weighted by molar-refractivity contribution is 6.40. The first-order valence-corrected chi connectivity index (χ1v) is 10.8. The molecule has 1 N–H and O–H groups in total. The highest BCUT2D eigenvalue weighted by atomic mass is 35.5. The van der Waals surface area contributed by atoms with E-state index in [4.69, 9.17) is 23.2 Å². The number of non-ortho nitro benzene ring substituents is 1. The third-order valence-electron chi connectivity index (χ3n) is 5.29. The van der Waals surface area contributed by atoms with Gasteiger partial charge in [0.1, 0.15) is 11.9 Å². The SMILES string of the molecule is CN(C)c1ccc(/C=C2\NC(c3ccccc3)N(c3c(Cl)cc([N+](=O)[O-])cc3Cl)C2=O)cc1. The molecule has 1 aliphatic rings. The first-order valence-electron chi connectivity index (χ1n) is 10.0. The summed E-state index contributed by atoms with van der Waals surface area (Å²) in [6, 6.07) is 19.5. The quantitative estimate of drug-likeness (QED) is 0.289. The van der Waals surface area contributed by atoms with Crippen LogP contribution in [0.1, 0.15) is 17.3 Å². The molecule has 9 heteroatoms. The summed E-state index contributed by atoms with van der Waals surface area (Å²) < 4.78 is 0. The Labute approximate surface area is 201 Å². The third-order valence-corrected chi connectivity index (χ3v) is 5.87. The van der Waals surface area contributed by atoms with Crippen LogP contribution in [0.4, 0.5) is 17.1 Å². The average molecular weight is 483 g/mol. The normalized spacial score (nSPS) is 16.7. The molecule has 0 bridgehead atoms. The number of amides is 1. The molecule has 1 aliphatic heterocycles. The number of benzene rings is 3. The highest BCUT2D eigenvalue weighted by Gasteiger charge is 2.39. The number of carbonyl (C=O) groups is 1. The Morgan fingerprint density at radius 2 is 1.64 bits per heavy atom. The summed E-state index contributed by atoms with van der Waals surface area (Å²) >= 11 is 12.8. The average Bonchev–Trinajstić information content (AvgIpc) is 3.10. The molecule has 3 aromatic carbocycles. The molecule has 1 atom stereocenters. The summed E-state index contributed by atoms with van der Waals surface area (Å²) in [6.45, 7) is 0. The maximum Gasteiger partial charge on any atom is 0.276 e. The van der Waals surface area contributed by atoms with Crippen molar-refractivity contribution in [3.05, 3.63) is 104 Å². The van der Waals surface area contributed by atoms with Crippen molar-refractivity contribution in [3.63, 3.8) is 0 Å². The van der Waals surface area contributed by atoms with Crippen molar-refractivity contribution < 1.29 is 9.72 Å². The zero-order valence-corrected chi connectivity index (χ0v) is 19.3. The Morgan fingerprint density at radius 3 is 2.18 bits per heavy atom. The lowest BCUT2D eigenvalue weighted by molar-refractivity contribution is -0.384. The maximum atomic E-state index is 13.5. The van der Waals surface area contributed by atoms with Gasteiger partial charge in [-0.25, -0.2) is 0 Å². The van der Waals surface area contributed by atoms with Gasteiger partial charge in [0.25, 0.3) is 11.6 Å². The Hall–Kier alpha value is -3.55. The molecule has 1 saturated heterocycles. The van der Waals surface area contributed by atoms with Crippen LogP contribution in [0.3, 0.4) is 0 Å². The summed E-state index contributed by atoms with van der Waals surface area (Å²) in [5, 5.41) is 14.5. The zero-order chi connectivity index (χ0) is 23.7. The molecule has 0 radical (unpaired) electrons. The number of halogens is 2. The van der Waals surface area contributed by atoms with Gasteiger partial charge in [0, 0.05) is 31.9 Å². The van der Waals surface area contributed by atoms with Crippen LogP contribution in [0.2, 0.25) is 10.0 Å². The van der Waals surface area contributed by atoms with E-state index in [1.165, 1.54) is 17.0 Å². The van der Waals surface area contributed by atoms with E-state index in [0.29, 0.717) is 5.70 Å². The van der Waals surface area contributed by atoms with E-state index in [9.17, 15) is 14.9 Å². The minimum Gasteiger partial charge on any atom is -0.378 e. The highest BCUT2D eigenvalue weighted by Crippen LogP contribution is 2.43. The lowest BCUT2D eigenvalue weighted by atomic mass is 10.1. The van der Waals surface area contributed by atoms with Crippen LogP contribution in [0.25, 0.3) is 6.08 Å².